The van der Waals surface area contributed by atoms with Crippen molar-refractivity contribution in [2.45, 2.75) is 78.6 Å². The predicted molar refractivity (Wildman–Crippen MR) is 284 cm³/mol. The van der Waals surface area contributed by atoms with Crippen LogP contribution in [0.4, 0.5) is 17.1 Å². The minimum Gasteiger partial charge on any atom is -0.375 e. The summed E-state index contributed by atoms with van der Waals surface area (Å²) >= 11 is 0. The van der Waals surface area contributed by atoms with E-state index in [1.54, 1.807) is 0 Å². The summed E-state index contributed by atoms with van der Waals surface area (Å²) in [5.41, 5.74) is 22.6. The quantitative estimate of drug-likeness (QED) is 0.161. The lowest BCUT2D eigenvalue weighted by Crippen LogP contribution is -2.57. The molecule has 0 saturated carbocycles. The molecule has 0 amide bonds. The molecule has 10 aromatic rings. The van der Waals surface area contributed by atoms with Crippen LogP contribution < -0.4 is 15.8 Å². The molecule has 0 bridgehead atoms. The van der Waals surface area contributed by atoms with Crippen molar-refractivity contribution in [2.75, 3.05) is 4.90 Å². The van der Waals surface area contributed by atoms with Crippen LogP contribution in [0.1, 0.15) is 79.0 Å². The summed E-state index contributed by atoms with van der Waals surface area (Å²) in [7, 11) is 0. The normalized spacial score (nSPS) is 13.5. The van der Waals surface area contributed by atoms with E-state index in [9.17, 15) is 0 Å². The van der Waals surface area contributed by atoms with Gasteiger partial charge in [0, 0.05) is 66.8 Å². The molecule has 12 rings (SSSR count). The van der Waals surface area contributed by atoms with Crippen LogP contribution in [0.3, 0.4) is 0 Å². The van der Waals surface area contributed by atoms with Crippen LogP contribution in [-0.4, -0.2) is 15.9 Å². The standard InChI is InChI=1S/C62H56BN3/c1-60(2,3)40-31-33-44(34-32-40)64-53-30-19-17-28-51(53)63-56-48(35-42(38-54(56)64)62(7,8)9)49-36-41(61(4,5)6)37-50-55(57(66(63)59(49)50)39-21-12-10-13-22-39)47-27-20-26-46-45-25-16-18-29-52(45)65(58(46)47)43-23-14-11-15-24-43/h10-38H,1-9H3. The van der Waals surface area contributed by atoms with Crippen LogP contribution in [0, 0.1) is 0 Å². The fourth-order valence-corrected chi connectivity index (χ4v) is 11.2. The maximum Gasteiger partial charge on any atom is 0.333 e. The summed E-state index contributed by atoms with van der Waals surface area (Å²) in [6.07, 6.45) is 0. The van der Waals surface area contributed by atoms with E-state index in [0.29, 0.717) is 0 Å². The largest absolute Gasteiger partial charge is 0.375 e. The summed E-state index contributed by atoms with van der Waals surface area (Å²) in [5, 5.41) is 3.80. The van der Waals surface area contributed by atoms with Gasteiger partial charge in [-0.25, -0.2) is 0 Å². The lowest BCUT2D eigenvalue weighted by atomic mass is 9.44. The van der Waals surface area contributed by atoms with Gasteiger partial charge in [-0.2, -0.15) is 0 Å². The minimum atomic E-state index is -0.117. The molecule has 0 radical (unpaired) electrons. The molecule has 66 heavy (non-hydrogen) atoms. The average Bonchev–Trinajstić information content (AvgIpc) is 3.83. The van der Waals surface area contributed by atoms with Gasteiger partial charge in [0.25, 0.3) is 0 Å². The fourth-order valence-electron chi connectivity index (χ4n) is 11.2. The zero-order chi connectivity index (χ0) is 45.4. The Kier molecular flexibility index (Phi) is 8.73. The van der Waals surface area contributed by atoms with E-state index in [2.05, 4.69) is 252 Å². The summed E-state index contributed by atoms with van der Waals surface area (Å²) in [4.78, 5) is 2.56. The fraction of sp³-hybridized carbons (Fsp3) is 0.194. The first-order valence-electron chi connectivity index (χ1n) is 23.7. The second-order valence-electron chi connectivity index (χ2n) is 21.8. The van der Waals surface area contributed by atoms with Crippen molar-refractivity contribution in [3.05, 3.63) is 193 Å². The monoisotopic (exact) mass is 853 g/mol. The third-order valence-corrected chi connectivity index (χ3v) is 14.5. The summed E-state index contributed by atoms with van der Waals surface area (Å²) in [6, 6.07) is 66.8. The molecule has 2 aliphatic heterocycles. The number of nitrogens with zero attached hydrogens (tertiary/aromatic N) is 3. The molecule has 322 valence electrons. The SMILES string of the molecule is CC(C)(C)c1ccc(N2c3ccccc3B3c4c(cc(C(C)(C)C)cc42)-c2cc(C(C)(C)C)cc4c(-c5cccc6c7ccccc7n(-c7ccccc7)c56)c(-c5ccccc5)n3c24)cc1. The van der Waals surface area contributed by atoms with E-state index in [0.717, 1.165) is 5.69 Å². The molecular formula is C62H56BN3. The first-order chi connectivity index (χ1) is 31.7. The molecule has 0 N–H and O–H groups in total. The Morgan fingerprint density at radius 3 is 1.73 bits per heavy atom. The molecule has 3 nitrogen and oxygen atoms in total. The molecule has 0 aliphatic carbocycles. The molecule has 0 saturated heterocycles. The van der Waals surface area contributed by atoms with Gasteiger partial charge in [-0.05, 0) is 110 Å². The van der Waals surface area contributed by atoms with Gasteiger partial charge in [0.15, 0.2) is 0 Å². The topological polar surface area (TPSA) is 13.1 Å². The maximum absolute atomic E-state index is 2.76. The van der Waals surface area contributed by atoms with Crippen molar-refractivity contribution in [3.63, 3.8) is 0 Å². The Morgan fingerprint density at radius 2 is 1.02 bits per heavy atom. The van der Waals surface area contributed by atoms with Crippen molar-refractivity contribution in [1.82, 2.24) is 9.05 Å². The molecule has 8 aromatic carbocycles. The van der Waals surface area contributed by atoms with Gasteiger partial charge < -0.3 is 13.9 Å². The van der Waals surface area contributed by atoms with Gasteiger partial charge in [-0.1, -0.05) is 184 Å². The molecular weight excluding hydrogens is 798 g/mol. The smallest absolute Gasteiger partial charge is 0.333 e. The van der Waals surface area contributed by atoms with Gasteiger partial charge in [-0.15, -0.1) is 0 Å². The molecule has 2 aliphatic rings. The molecule has 0 spiro atoms. The lowest BCUT2D eigenvalue weighted by Gasteiger charge is -2.42. The molecule has 0 fully saturated rings. The highest BCUT2D eigenvalue weighted by molar-refractivity contribution is 6.89. The Bertz CT molecular complexity index is 3570. The van der Waals surface area contributed by atoms with Crippen LogP contribution in [0.5, 0.6) is 0 Å². The number of rotatable bonds is 4. The number of hydrogen-bond acceptors (Lipinski definition) is 1. The summed E-state index contributed by atoms with van der Waals surface area (Å²) < 4.78 is 5.27. The van der Waals surface area contributed by atoms with Gasteiger partial charge in [0.05, 0.1) is 11.0 Å². The van der Waals surface area contributed by atoms with E-state index in [-0.39, 0.29) is 23.1 Å². The van der Waals surface area contributed by atoms with Crippen LogP contribution in [0.25, 0.3) is 71.9 Å². The minimum absolute atomic E-state index is 0.0499. The Hall–Kier alpha value is -7.04. The zero-order valence-electron chi connectivity index (χ0n) is 39.7. The summed E-state index contributed by atoms with van der Waals surface area (Å²) in [5.74, 6) is 0. The van der Waals surface area contributed by atoms with E-state index in [1.807, 2.05) is 0 Å². The average molecular weight is 854 g/mol. The summed E-state index contributed by atoms with van der Waals surface area (Å²) in [6.45, 7) is 21.0. The molecule has 0 atom stereocenters. The number of para-hydroxylation sites is 4. The Morgan fingerprint density at radius 1 is 0.409 bits per heavy atom. The van der Waals surface area contributed by atoms with E-state index in [4.69, 9.17) is 0 Å². The van der Waals surface area contributed by atoms with Crippen molar-refractivity contribution in [2.24, 2.45) is 0 Å². The second-order valence-corrected chi connectivity index (χ2v) is 21.8. The maximum atomic E-state index is 2.76. The second kappa shape index (κ2) is 14.2. The van der Waals surface area contributed by atoms with Gasteiger partial charge in [-0.3, -0.25) is 0 Å². The third kappa shape index (κ3) is 5.96. The first-order valence-corrected chi connectivity index (χ1v) is 23.7. The van der Waals surface area contributed by atoms with Crippen LogP contribution in [0.15, 0.2) is 176 Å². The number of fused-ring (bicyclic) bond motifs is 7. The van der Waals surface area contributed by atoms with Gasteiger partial charge in [0.2, 0.25) is 0 Å². The van der Waals surface area contributed by atoms with Crippen molar-refractivity contribution < 1.29 is 0 Å². The number of benzene rings is 8. The van der Waals surface area contributed by atoms with Crippen molar-refractivity contribution in [3.8, 4) is 39.2 Å². The van der Waals surface area contributed by atoms with E-state index in [1.165, 1.54) is 111 Å². The Labute approximate surface area is 390 Å². The predicted octanol–water partition coefficient (Wildman–Crippen LogP) is 15.4. The lowest BCUT2D eigenvalue weighted by molar-refractivity contribution is 0.589. The number of anilines is 3. The number of hydrogen-bond donors (Lipinski definition) is 0. The van der Waals surface area contributed by atoms with E-state index >= 15 is 0 Å². The highest BCUT2D eigenvalue weighted by Gasteiger charge is 2.45. The van der Waals surface area contributed by atoms with Crippen LogP contribution >= 0.6 is 0 Å². The highest BCUT2D eigenvalue weighted by atomic mass is 15.2. The Balaban J connectivity index is 1.28. The van der Waals surface area contributed by atoms with Gasteiger partial charge in [0.1, 0.15) is 0 Å². The van der Waals surface area contributed by atoms with Crippen LogP contribution in [0.2, 0.25) is 0 Å². The third-order valence-electron chi connectivity index (χ3n) is 14.5. The van der Waals surface area contributed by atoms with Gasteiger partial charge >= 0.3 is 6.85 Å². The molecule has 4 heterocycles. The van der Waals surface area contributed by atoms with Crippen molar-refractivity contribution in [1.29, 1.82) is 0 Å². The highest BCUT2D eigenvalue weighted by Crippen LogP contribution is 2.53. The zero-order valence-corrected chi connectivity index (χ0v) is 39.7. The molecule has 4 heteroatoms. The first kappa shape index (κ1) is 40.5. The molecule has 0 unspecified atom stereocenters. The molecule has 2 aromatic heterocycles. The van der Waals surface area contributed by atoms with Crippen LogP contribution in [-0.2, 0) is 16.2 Å². The van der Waals surface area contributed by atoms with E-state index < -0.39 is 0 Å². The number of aromatic nitrogens is 2. The van der Waals surface area contributed by atoms with Crippen molar-refractivity contribution >= 4 is 67.5 Å².